The Bertz CT molecular complexity index is 992. The van der Waals surface area contributed by atoms with E-state index in [0.29, 0.717) is 42.4 Å². The first-order chi connectivity index (χ1) is 15.9. The summed E-state index contributed by atoms with van der Waals surface area (Å²) in [5.74, 6) is 0.593. The molecule has 1 aliphatic heterocycles. The molecule has 0 atom stereocenters. The third-order valence-electron chi connectivity index (χ3n) is 5.30. The summed E-state index contributed by atoms with van der Waals surface area (Å²) in [7, 11) is 0. The number of hydrogen-bond acceptors (Lipinski definition) is 5. The van der Waals surface area contributed by atoms with Crippen LogP contribution in [0.25, 0.3) is 0 Å². The minimum atomic E-state index is -0.309. The van der Waals surface area contributed by atoms with Crippen LogP contribution >= 0.6 is 23.8 Å². The molecule has 33 heavy (non-hydrogen) atoms. The van der Waals surface area contributed by atoms with E-state index in [2.05, 4.69) is 15.5 Å². The average molecular weight is 489 g/mol. The van der Waals surface area contributed by atoms with Crippen molar-refractivity contribution in [2.45, 2.75) is 26.7 Å². The molecule has 176 valence electrons. The smallest absolute Gasteiger partial charge is 0.257 e. The number of anilines is 2. The highest BCUT2D eigenvalue weighted by Gasteiger charge is 2.21. The first-order valence-electron chi connectivity index (χ1n) is 11.1. The SMILES string of the molecule is CCCOc1ccc(C(=O)NC(=S)Nc2ccc(N3CCN(C(=O)CC)CC3)c(Cl)c2)cc1. The number of ether oxygens (including phenoxy) is 1. The van der Waals surface area contributed by atoms with Crippen LogP contribution in [0.2, 0.25) is 5.02 Å². The van der Waals surface area contributed by atoms with Gasteiger partial charge in [0.05, 0.1) is 17.3 Å². The highest BCUT2D eigenvalue weighted by molar-refractivity contribution is 7.80. The average Bonchev–Trinajstić information content (AvgIpc) is 2.82. The zero-order valence-corrected chi connectivity index (χ0v) is 20.5. The number of carbonyl (C=O) groups excluding carboxylic acids is 2. The normalized spacial score (nSPS) is 13.4. The van der Waals surface area contributed by atoms with Gasteiger partial charge in [0, 0.05) is 43.9 Å². The fraction of sp³-hybridized carbons (Fsp3) is 0.375. The maximum Gasteiger partial charge on any atom is 0.257 e. The van der Waals surface area contributed by atoms with E-state index in [1.807, 2.05) is 30.9 Å². The van der Waals surface area contributed by atoms with Gasteiger partial charge in [-0.25, -0.2) is 0 Å². The molecule has 3 rings (SSSR count). The zero-order valence-electron chi connectivity index (χ0n) is 18.9. The largest absolute Gasteiger partial charge is 0.494 e. The number of benzene rings is 2. The zero-order chi connectivity index (χ0) is 23.8. The monoisotopic (exact) mass is 488 g/mol. The Morgan fingerprint density at radius 2 is 1.76 bits per heavy atom. The van der Waals surface area contributed by atoms with Crippen LogP contribution in [0, 0.1) is 0 Å². The number of carbonyl (C=O) groups is 2. The Balaban J connectivity index is 1.53. The fourth-order valence-electron chi connectivity index (χ4n) is 3.52. The van der Waals surface area contributed by atoms with Crippen LogP contribution in [0.5, 0.6) is 5.75 Å². The molecule has 2 aromatic rings. The van der Waals surface area contributed by atoms with Crippen LogP contribution in [0.4, 0.5) is 11.4 Å². The number of hydrogen-bond donors (Lipinski definition) is 2. The second-order valence-electron chi connectivity index (χ2n) is 7.67. The quantitative estimate of drug-likeness (QED) is 0.565. The van der Waals surface area contributed by atoms with Gasteiger partial charge in [0.2, 0.25) is 5.91 Å². The third kappa shape index (κ3) is 6.82. The molecular weight excluding hydrogens is 460 g/mol. The Labute approximate surface area is 205 Å². The highest BCUT2D eigenvalue weighted by atomic mass is 35.5. The van der Waals surface area contributed by atoms with Gasteiger partial charge in [-0.05, 0) is 61.1 Å². The Morgan fingerprint density at radius 3 is 2.36 bits per heavy atom. The molecule has 1 fully saturated rings. The fourth-order valence-corrected chi connectivity index (χ4v) is 4.03. The van der Waals surface area contributed by atoms with Gasteiger partial charge in [-0.1, -0.05) is 25.4 Å². The maximum atomic E-state index is 12.5. The molecule has 0 bridgehead atoms. The summed E-state index contributed by atoms with van der Waals surface area (Å²) in [6.45, 7) is 7.38. The number of rotatable bonds is 7. The van der Waals surface area contributed by atoms with E-state index in [0.717, 1.165) is 30.9 Å². The van der Waals surface area contributed by atoms with Crippen molar-refractivity contribution in [3.63, 3.8) is 0 Å². The van der Waals surface area contributed by atoms with Crippen molar-refractivity contribution in [3.05, 3.63) is 53.1 Å². The summed E-state index contributed by atoms with van der Waals surface area (Å²) in [6.07, 6.45) is 1.44. The lowest BCUT2D eigenvalue weighted by atomic mass is 10.2. The Kier molecular flexibility index (Phi) is 8.91. The lowest BCUT2D eigenvalue weighted by Gasteiger charge is -2.36. The van der Waals surface area contributed by atoms with Crippen LogP contribution in [0.15, 0.2) is 42.5 Å². The molecule has 0 aliphatic carbocycles. The van der Waals surface area contributed by atoms with Crippen LogP contribution in [-0.4, -0.2) is 54.6 Å². The molecular formula is C24H29ClN4O3S. The number of nitrogens with one attached hydrogen (secondary N) is 2. The van der Waals surface area contributed by atoms with Crippen molar-refractivity contribution in [3.8, 4) is 5.75 Å². The van der Waals surface area contributed by atoms with Gasteiger partial charge < -0.3 is 19.9 Å². The van der Waals surface area contributed by atoms with E-state index < -0.39 is 0 Å². The van der Waals surface area contributed by atoms with Gasteiger partial charge >= 0.3 is 0 Å². The van der Waals surface area contributed by atoms with Gasteiger partial charge in [-0.15, -0.1) is 0 Å². The third-order valence-corrected chi connectivity index (χ3v) is 5.80. The molecule has 0 aromatic heterocycles. The summed E-state index contributed by atoms with van der Waals surface area (Å²) in [5.41, 5.74) is 2.07. The minimum absolute atomic E-state index is 0.177. The van der Waals surface area contributed by atoms with Crippen molar-refractivity contribution >= 4 is 52.1 Å². The van der Waals surface area contributed by atoms with Gasteiger partial charge in [0.25, 0.3) is 5.91 Å². The number of halogens is 1. The van der Waals surface area contributed by atoms with E-state index in [4.69, 9.17) is 28.6 Å². The second kappa shape index (κ2) is 11.9. The van der Waals surface area contributed by atoms with Crippen LogP contribution in [0.1, 0.15) is 37.0 Å². The molecule has 0 saturated carbocycles. The van der Waals surface area contributed by atoms with E-state index in [-0.39, 0.29) is 16.9 Å². The minimum Gasteiger partial charge on any atom is -0.494 e. The molecule has 0 spiro atoms. The van der Waals surface area contributed by atoms with Crippen molar-refractivity contribution in [2.75, 3.05) is 43.0 Å². The molecule has 1 aliphatic rings. The Hall–Kier alpha value is -2.84. The summed E-state index contributed by atoms with van der Waals surface area (Å²) >= 11 is 11.8. The Morgan fingerprint density at radius 1 is 1.06 bits per heavy atom. The first-order valence-corrected chi connectivity index (χ1v) is 11.9. The molecule has 1 saturated heterocycles. The molecule has 2 amide bonds. The van der Waals surface area contributed by atoms with Gasteiger partial charge in [-0.2, -0.15) is 0 Å². The molecule has 7 nitrogen and oxygen atoms in total. The lowest BCUT2D eigenvalue weighted by Crippen LogP contribution is -2.48. The predicted octanol–water partition coefficient (Wildman–Crippen LogP) is 4.31. The molecule has 0 radical (unpaired) electrons. The second-order valence-corrected chi connectivity index (χ2v) is 8.48. The number of piperazine rings is 1. The number of amides is 2. The van der Waals surface area contributed by atoms with Gasteiger partial charge in [0.15, 0.2) is 5.11 Å². The summed E-state index contributed by atoms with van der Waals surface area (Å²) in [6, 6.07) is 12.5. The van der Waals surface area contributed by atoms with Gasteiger partial charge in [0.1, 0.15) is 5.75 Å². The lowest BCUT2D eigenvalue weighted by molar-refractivity contribution is -0.131. The van der Waals surface area contributed by atoms with Crippen LogP contribution < -0.4 is 20.3 Å². The maximum absolute atomic E-state index is 12.5. The number of thiocarbonyl (C=S) groups is 1. The van der Waals surface area contributed by atoms with Gasteiger partial charge in [-0.3, -0.25) is 14.9 Å². The van der Waals surface area contributed by atoms with Crippen molar-refractivity contribution in [1.29, 1.82) is 0 Å². The van der Waals surface area contributed by atoms with E-state index >= 15 is 0 Å². The summed E-state index contributed by atoms with van der Waals surface area (Å²) in [5, 5.41) is 6.43. The van der Waals surface area contributed by atoms with Crippen molar-refractivity contribution < 1.29 is 14.3 Å². The summed E-state index contributed by atoms with van der Waals surface area (Å²) < 4.78 is 5.53. The van der Waals surface area contributed by atoms with E-state index in [1.165, 1.54) is 0 Å². The molecule has 2 N–H and O–H groups in total. The predicted molar refractivity (Wildman–Crippen MR) is 136 cm³/mol. The molecule has 0 unspecified atom stereocenters. The molecule has 2 aromatic carbocycles. The summed E-state index contributed by atoms with van der Waals surface area (Å²) in [4.78, 5) is 28.4. The molecule has 1 heterocycles. The topological polar surface area (TPSA) is 73.9 Å². The highest BCUT2D eigenvalue weighted by Crippen LogP contribution is 2.29. The first kappa shape index (κ1) is 24.8. The van der Waals surface area contributed by atoms with Crippen LogP contribution in [0.3, 0.4) is 0 Å². The number of nitrogens with zero attached hydrogens (tertiary/aromatic N) is 2. The van der Waals surface area contributed by atoms with E-state index in [9.17, 15) is 9.59 Å². The van der Waals surface area contributed by atoms with Crippen molar-refractivity contribution in [2.24, 2.45) is 0 Å². The molecule has 9 heteroatoms. The van der Waals surface area contributed by atoms with E-state index in [1.54, 1.807) is 30.3 Å². The standard InChI is InChI=1S/C24H29ClN4O3S/c1-3-15-32-19-8-5-17(6-9-19)23(31)27-24(33)26-18-7-10-21(20(25)16-18)28-11-13-29(14-12-28)22(30)4-2/h5-10,16H,3-4,11-15H2,1-2H3,(H2,26,27,31,33). The van der Waals surface area contributed by atoms with Crippen molar-refractivity contribution in [1.82, 2.24) is 10.2 Å². The van der Waals surface area contributed by atoms with Crippen LogP contribution in [-0.2, 0) is 4.79 Å².